The van der Waals surface area contributed by atoms with Crippen molar-refractivity contribution in [1.29, 1.82) is 0 Å². The molecule has 2 rings (SSSR count). The fourth-order valence-electron chi connectivity index (χ4n) is 1.99. The zero-order valence-electron chi connectivity index (χ0n) is 8.95. The van der Waals surface area contributed by atoms with E-state index in [0.717, 1.165) is 19.3 Å². The van der Waals surface area contributed by atoms with E-state index < -0.39 is 0 Å². The lowest BCUT2D eigenvalue weighted by Crippen LogP contribution is -1.90. The van der Waals surface area contributed by atoms with Crippen LogP contribution in [0.4, 0.5) is 0 Å². The second-order valence-corrected chi connectivity index (χ2v) is 3.89. The predicted molar refractivity (Wildman–Crippen MR) is 65.7 cm³/mol. The summed E-state index contributed by atoms with van der Waals surface area (Å²) in [5, 5.41) is 0. The molecule has 1 aliphatic carbocycles. The second-order valence-electron chi connectivity index (χ2n) is 3.89. The monoisotopic (exact) mass is 196 g/mol. The molecule has 0 radical (unpaired) electrons. The second kappa shape index (κ2) is 4.79. The van der Waals surface area contributed by atoms with Gasteiger partial charge >= 0.3 is 0 Å². The topological polar surface area (TPSA) is 0 Å². The molecule has 1 aromatic rings. The Balaban J connectivity index is 2.12. The third kappa shape index (κ3) is 2.47. The molecule has 0 heteroatoms. The molecule has 0 atom stereocenters. The highest BCUT2D eigenvalue weighted by Gasteiger charge is 2.08. The summed E-state index contributed by atoms with van der Waals surface area (Å²) >= 11 is 0. The predicted octanol–water partition coefficient (Wildman–Crippen LogP) is 4.06. The van der Waals surface area contributed by atoms with Crippen molar-refractivity contribution in [2.45, 2.75) is 19.3 Å². The number of hydrogen-bond acceptors (Lipinski definition) is 0. The Labute approximate surface area is 91.6 Å². The van der Waals surface area contributed by atoms with Gasteiger partial charge in [-0.05, 0) is 30.4 Å². The molecule has 0 saturated heterocycles. The van der Waals surface area contributed by atoms with Gasteiger partial charge < -0.3 is 0 Å². The molecule has 0 fully saturated rings. The van der Waals surface area contributed by atoms with E-state index in [2.05, 4.69) is 49.1 Å². The van der Waals surface area contributed by atoms with E-state index in [1.807, 2.05) is 6.08 Å². The molecule has 1 aromatic carbocycles. The van der Waals surface area contributed by atoms with Crippen molar-refractivity contribution < 1.29 is 0 Å². The van der Waals surface area contributed by atoms with Crippen LogP contribution in [-0.4, -0.2) is 0 Å². The number of hydrogen-bond donors (Lipinski definition) is 0. The summed E-state index contributed by atoms with van der Waals surface area (Å²) in [5.41, 5.74) is 4.40. The molecule has 0 nitrogen and oxygen atoms in total. The Morgan fingerprint density at radius 2 is 2.00 bits per heavy atom. The molecule has 0 spiro atoms. The minimum absolute atomic E-state index is 0.999. The average molecular weight is 196 g/mol. The van der Waals surface area contributed by atoms with Crippen LogP contribution in [0.2, 0.25) is 0 Å². The van der Waals surface area contributed by atoms with Gasteiger partial charge in [0.05, 0.1) is 0 Å². The zero-order valence-corrected chi connectivity index (χ0v) is 8.95. The van der Waals surface area contributed by atoms with Gasteiger partial charge in [0.25, 0.3) is 0 Å². The van der Waals surface area contributed by atoms with E-state index in [4.69, 9.17) is 0 Å². The largest absolute Gasteiger partial charge is 0.103 e. The molecule has 1 aliphatic rings. The van der Waals surface area contributed by atoms with Crippen molar-refractivity contribution in [2.75, 3.05) is 0 Å². The highest BCUT2D eigenvalue weighted by Crippen LogP contribution is 2.25. The molecular formula is C15H16. The quantitative estimate of drug-likeness (QED) is 0.637. The summed E-state index contributed by atoms with van der Waals surface area (Å²) in [7, 11) is 0. The van der Waals surface area contributed by atoms with Gasteiger partial charge in [0.15, 0.2) is 0 Å². The fraction of sp³-hybridized carbons (Fsp3) is 0.200. The lowest BCUT2D eigenvalue weighted by Gasteiger charge is -2.05. The first-order valence-electron chi connectivity index (χ1n) is 5.42. The summed E-state index contributed by atoms with van der Waals surface area (Å²) in [6.07, 6.45) is 9.65. The van der Waals surface area contributed by atoms with Crippen LogP contribution < -0.4 is 0 Å². The molecule has 0 heterocycles. The van der Waals surface area contributed by atoms with Crippen molar-refractivity contribution in [2.24, 2.45) is 0 Å². The Kier molecular flexibility index (Phi) is 3.18. The van der Waals surface area contributed by atoms with Crippen molar-refractivity contribution >= 4 is 0 Å². The molecule has 0 aliphatic heterocycles. The molecule has 0 bridgehead atoms. The summed E-state index contributed by atoms with van der Waals surface area (Å²) < 4.78 is 0. The maximum Gasteiger partial charge on any atom is -0.00580 e. The van der Waals surface area contributed by atoms with Crippen molar-refractivity contribution in [3.63, 3.8) is 0 Å². The van der Waals surface area contributed by atoms with Crippen LogP contribution in [0.5, 0.6) is 0 Å². The summed E-state index contributed by atoms with van der Waals surface area (Å²) in [4.78, 5) is 0. The first kappa shape index (κ1) is 9.97. The van der Waals surface area contributed by atoms with Gasteiger partial charge in [0.1, 0.15) is 0 Å². The third-order valence-corrected chi connectivity index (χ3v) is 2.76. The van der Waals surface area contributed by atoms with Gasteiger partial charge in [-0.15, -0.1) is 6.58 Å². The Morgan fingerprint density at radius 3 is 2.73 bits per heavy atom. The zero-order chi connectivity index (χ0) is 10.5. The SMILES string of the molecule is C=CCC1=C(Cc2ccccc2)CC=C1. The van der Waals surface area contributed by atoms with Crippen LogP contribution in [0.3, 0.4) is 0 Å². The van der Waals surface area contributed by atoms with E-state index >= 15 is 0 Å². The fourth-order valence-corrected chi connectivity index (χ4v) is 1.99. The number of allylic oxidation sites excluding steroid dienone is 5. The Bertz CT molecular complexity index is 393. The van der Waals surface area contributed by atoms with Gasteiger partial charge in [0, 0.05) is 0 Å². The van der Waals surface area contributed by atoms with E-state index in [9.17, 15) is 0 Å². The van der Waals surface area contributed by atoms with E-state index in [-0.39, 0.29) is 0 Å². The Hall–Kier alpha value is -1.56. The third-order valence-electron chi connectivity index (χ3n) is 2.76. The van der Waals surface area contributed by atoms with Crippen molar-refractivity contribution in [1.82, 2.24) is 0 Å². The van der Waals surface area contributed by atoms with Gasteiger partial charge in [-0.3, -0.25) is 0 Å². The minimum Gasteiger partial charge on any atom is -0.103 e. The summed E-state index contributed by atoms with van der Waals surface area (Å²) in [6.45, 7) is 3.80. The van der Waals surface area contributed by atoms with Crippen LogP contribution >= 0.6 is 0 Å². The van der Waals surface area contributed by atoms with Crippen LogP contribution in [0.15, 0.2) is 66.3 Å². The lowest BCUT2D eigenvalue weighted by molar-refractivity contribution is 1.05. The lowest BCUT2D eigenvalue weighted by atomic mass is 10.00. The molecule has 0 saturated carbocycles. The maximum absolute atomic E-state index is 3.80. The van der Waals surface area contributed by atoms with Gasteiger partial charge in [-0.25, -0.2) is 0 Å². The van der Waals surface area contributed by atoms with Gasteiger partial charge in [-0.1, -0.05) is 54.1 Å². The van der Waals surface area contributed by atoms with Crippen LogP contribution in [-0.2, 0) is 6.42 Å². The van der Waals surface area contributed by atoms with Crippen molar-refractivity contribution in [3.05, 3.63) is 71.8 Å². The smallest absolute Gasteiger partial charge is 0.00580 e. The molecular weight excluding hydrogens is 180 g/mol. The van der Waals surface area contributed by atoms with Gasteiger partial charge in [0.2, 0.25) is 0 Å². The highest BCUT2D eigenvalue weighted by atomic mass is 14.1. The van der Waals surface area contributed by atoms with E-state index in [1.54, 1.807) is 5.57 Å². The first-order valence-corrected chi connectivity index (χ1v) is 5.42. The van der Waals surface area contributed by atoms with E-state index in [0.29, 0.717) is 0 Å². The molecule has 0 aromatic heterocycles. The number of rotatable bonds is 4. The van der Waals surface area contributed by atoms with Crippen LogP contribution in [0.25, 0.3) is 0 Å². The van der Waals surface area contributed by atoms with Gasteiger partial charge in [-0.2, -0.15) is 0 Å². The minimum atomic E-state index is 0.999. The standard InChI is InChI=1S/C15H16/c1-2-7-14-10-6-11-15(14)12-13-8-4-3-5-9-13/h2-6,8-10H,1,7,11-12H2. The number of benzene rings is 1. The molecule has 0 amide bonds. The normalized spacial score (nSPS) is 14.7. The van der Waals surface area contributed by atoms with E-state index in [1.165, 1.54) is 11.1 Å². The van der Waals surface area contributed by atoms with Crippen molar-refractivity contribution in [3.8, 4) is 0 Å². The summed E-state index contributed by atoms with van der Waals surface area (Å²) in [6, 6.07) is 10.7. The van der Waals surface area contributed by atoms with Crippen LogP contribution in [0, 0.1) is 0 Å². The average Bonchev–Trinajstić information content (AvgIpc) is 2.68. The molecule has 0 unspecified atom stereocenters. The molecule has 15 heavy (non-hydrogen) atoms. The van der Waals surface area contributed by atoms with Crippen LogP contribution in [0.1, 0.15) is 18.4 Å². The molecule has 0 N–H and O–H groups in total. The Morgan fingerprint density at radius 1 is 1.20 bits per heavy atom. The maximum atomic E-state index is 3.80. The first-order chi connectivity index (χ1) is 7.40. The highest BCUT2D eigenvalue weighted by molar-refractivity contribution is 5.38. The summed E-state index contributed by atoms with van der Waals surface area (Å²) in [5.74, 6) is 0. The molecule has 76 valence electrons.